The second kappa shape index (κ2) is 5.35. The molecule has 0 aliphatic carbocycles. The Bertz CT molecular complexity index is 457. The molecule has 0 unspecified atom stereocenters. The summed E-state index contributed by atoms with van der Waals surface area (Å²) in [6, 6.07) is 0. The van der Waals surface area contributed by atoms with E-state index in [1.165, 1.54) is 0 Å². The van der Waals surface area contributed by atoms with Crippen LogP contribution in [0.3, 0.4) is 0 Å². The standard InChI is InChI=1S/C12H18O10/c1-19-11(17)8-5(13)9(15)12(18)4(21-8)2-3-7(22-12)6(14)10(16)20-3/h3-10,13-16,18H,2H2,1H3/t3-,4-,5-,6-,7+,8+,9+,10+,12-/m1/s1. The van der Waals surface area contributed by atoms with Crippen LogP contribution >= 0.6 is 0 Å². The van der Waals surface area contributed by atoms with Crippen LogP contribution in [0.4, 0.5) is 0 Å². The van der Waals surface area contributed by atoms with E-state index in [2.05, 4.69) is 4.74 Å². The molecule has 0 aromatic carbocycles. The number of carbonyl (C=O) groups excluding carboxylic acids is 1. The van der Waals surface area contributed by atoms with Crippen molar-refractivity contribution in [3.63, 3.8) is 0 Å². The number of methoxy groups -OCH3 is 1. The third-order valence-corrected chi connectivity index (χ3v) is 4.34. The fourth-order valence-electron chi connectivity index (χ4n) is 3.12. The van der Waals surface area contributed by atoms with Crippen molar-refractivity contribution >= 4 is 5.97 Å². The second-order valence-corrected chi connectivity index (χ2v) is 5.63. The molecule has 10 nitrogen and oxygen atoms in total. The average Bonchev–Trinajstić information content (AvgIpc) is 2.76. The number of esters is 1. The van der Waals surface area contributed by atoms with Gasteiger partial charge in [0, 0.05) is 6.42 Å². The van der Waals surface area contributed by atoms with Gasteiger partial charge in [-0.2, -0.15) is 0 Å². The van der Waals surface area contributed by atoms with Gasteiger partial charge < -0.3 is 44.5 Å². The van der Waals surface area contributed by atoms with Crippen molar-refractivity contribution in [1.29, 1.82) is 0 Å². The van der Waals surface area contributed by atoms with Gasteiger partial charge in [0.2, 0.25) is 5.79 Å². The van der Waals surface area contributed by atoms with Crippen LogP contribution in [0.1, 0.15) is 6.42 Å². The number of fused-ring (bicyclic) bond motifs is 2. The molecule has 5 N–H and O–H groups in total. The molecule has 126 valence electrons. The lowest BCUT2D eigenvalue weighted by Crippen LogP contribution is -2.72. The van der Waals surface area contributed by atoms with Crippen molar-refractivity contribution in [2.24, 2.45) is 0 Å². The number of carbonyl (C=O) groups is 1. The summed E-state index contributed by atoms with van der Waals surface area (Å²) in [6.07, 6.45) is -11.2. The monoisotopic (exact) mass is 322 g/mol. The smallest absolute Gasteiger partial charge is 0.337 e. The molecule has 3 rings (SSSR count). The first-order valence-electron chi connectivity index (χ1n) is 6.80. The fraction of sp³-hybridized carbons (Fsp3) is 0.917. The van der Waals surface area contributed by atoms with Crippen LogP contribution in [0.2, 0.25) is 0 Å². The quantitative estimate of drug-likeness (QED) is 0.303. The molecule has 3 fully saturated rings. The van der Waals surface area contributed by atoms with Gasteiger partial charge in [-0.25, -0.2) is 4.79 Å². The van der Waals surface area contributed by atoms with E-state index in [1.807, 2.05) is 0 Å². The third kappa shape index (κ3) is 2.15. The summed E-state index contributed by atoms with van der Waals surface area (Å²) < 4.78 is 20.1. The van der Waals surface area contributed by atoms with E-state index in [-0.39, 0.29) is 6.42 Å². The van der Waals surface area contributed by atoms with Gasteiger partial charge in [-0.1, -0.05) is 0 Å². The van der Waals surface area contributed by atoms with Crippen molar-refractivity contribution in [2.45, 2.75) is 61.2 Å². The zero-order chi connectivity index (χ0) is 16.2. The molecule has 0 amide bonds. The van der Waals surface area contributed by atoms with E-state index >= 15 is 0 Å². The Balaban J connectivity index is 1.86. The van der Waals surface area contributed by atoms with E-state index in [1.54, 1.807) is 0 Å². The Labute approximate surface area is 124 Å². The molecule has 0 aromatic heterocycles. The van der Waals surface area contributed by atoms with E-state index < -0.39 is 60.8 Å². The normalized spacial score (nSPS) is 54.5. The number of hydrogen-bond donors (Lipinski definition) is 5. The van der Waals surface area contributed by atoms with Crippen molar-refractivity contribution < 1.29 is 49.3 Å². The summed E-state index contributed by atoms with van der Waals surface area (Å²) in [7, 11) is 1.09. The zero-order valence-electron chi connectivity index (χ0n) is 11.6. The number of ether oxygens (including phenoxy) is 4. The summed E-state index contributed by atoms with van der Waals surface area (Å²) >= 11 is 0. The Morgan fingerprint density at radius 2 is 1.86 bits per heavy atom. The first-order chi connectivity index (χ1) is 10.3. The minimum absolute atomic E-state index is 0.0629. The summed E-state index contributed by atoms with van der Waals surface area (Å²) in [6.45, 7) is 0. The Kier molecular flexibility index (Phi) is 3.90. The van der Waals surface area contributed by atoms with E-state index in [0.29, 0.717) is 0 Å². The molecule has 10 heteroatoms. The summed E-state index contributed by atoms with van der Waals surface area (Å²) in [4.78, 5) is 11.6. The highest BCUT2D eigenvalue weighted by atomic mass is 16.7. The minimum atomic E-state index is -2.35. The van der Waals surface area contributed by atoms with Gasteiger partial charge in [0.25, 0.3) is 0 Å². The molecule has 22 heavy (non-hydrogen) atoms. The number of aliphatic hydroxyl groups is 5. The zero-order valence-corrected chi connectivity index (χ0v) is 11.6. The maximum Gasteiger partial charge on any atom is 0.337 e. The van der Waals surface area contributed by atoms with E-state index in [9.17, 15) is 30.3 Å². The van der Waals surface area contributed by atoms with E-state index in [0.717, 1.165) is 7.11 Å². The third-order valence-electron chi connectivity index (χ3n) is 4.34. The Morgan fingerprint density at radius 3 is 2.50 bits per heavy atom. The Hall–Kier alpha value is -0.850. The SMILES string of the molecule is COC(=O)[C@H]1O[C@@H]2C[C@H]3O[C@H](O)[C@H](O)[C@H]3O[C@@]2(O)[C@@H](O)[C@@H]1O. The van der Waals surface area contributed by atoms with Gasteiger partial charge in [-0.3, -0.25) is 0 Å². The van der Waals surface area contributed by atoms with E-state index in [4.69, 9.17) is 14.2 Å². The lowest BCUT2D eigenvalue weighted by molar-refractivity contribution is -0.397. The Morgan fingerprint density at radius 1 is 1.18 bits per heavy atom. The molecular weight excluding hydrogens is 304 g/mol. The molecule has 9 atom stereocenters. The van der Waals surface area contributed by atoms with Crippen LogP contribution in [-0.4, -0.2) is 93.4 Å². The molecule has 3 aliphatic rings. The molecule has 0 radical (unpaired) electrons. The predicted octanol–water partition coefficient (Wildman–Crippen LogP) is -3.80. The van der Waals surface area contributed by atoms with Gasteiger partial charge in [0.15, 0.2) is 12.4 Å². The maximum atomic E-state index is 11.6. The van der Waals surface area contributed by atoms with Gasteiger partial charge in [0.05, 0.1) is 13.2 Å². The molecule has 3 aliphatic heterocycles. The van der Waals surface area contributed by atoms with Gasteiger partial charge in [0.1, 0.15) is 30.5 Å². The average molecular weight is 322 g/mol. The molecule has 0 spiro atoms. The van der Waals surface area contributed by atoms with Crippen molar-refractivity contribution in [1.82, 2.24) is 0 Å². The van der Waals surface area contributed by atoms with Gasteiger partial charge in [-0.05, 0) is 0 Å². The second-order valence-electron chi connectivity index (χ2n) is 5.63. The largest absolute Gasteiger partial charge is 0.467 e. The number of hydrogen-bond acceptors (Lipinski definition) is 10. The van der Waals surface area contributed by atoms with Crippen LogP contribution < -0.4 is 0 Å². The van der Waals surface area contributed by atoms with Crippen molar-refractivity contribution in [3.8, 4) is 0 Å². The predicted molar refractivity (Wildman–Crippen MR) is 64.0 cm³/mol. The molecular formula is C12H18O10. The van der Waals surface area contributed by atoms with Crippen LogP contribution in [0.15, 0.2) is 0 Å². The number of rotatable bonds is 1. The molecule has 3 saturated heterocycles. The molecule has 0 aromatic rings. The van der Waals surface area contributed by atoms with Crippen LogP contribution in [0.5, 0.6) is 0 Å². The maximum absolute atomic E-state index is 11.6. The summed E-state index contributed by atoms with van der Waals surface area (Å²) in [5.41, 5.74) is 0. The first kappa shape index (κ1) is 16.0. The van der Waals surface area contributed by atoms with Crippen molar-refractivity contribution in [3.05, 3.63) is 0 Å². The lowest BCUT2D eigenvalue weighted by atomic mass is 9.85. The highest BCUT2D eigenvalue weighted by Gasteiger charge is 2.64. The first-order valence-corrected chi connectivity index (χ1v) is 6.80. The summed E-state index contributed by atoms with van der Waals surface area (Å²) in [5.74, 6) is -3.26. The molecule has 3 heterocycles. The highest BCUT2D eigenvalue weighted by Crippen LogP contribution is 2.43. The minimum Gasteiger partial charge on any atom is -0.467 e. The number of aliphatic hydroxyl groups excluding tert-OH is 4. The highest BCUT2D eigenvalue weighted by molar-refractivity contribution is 5.75. The fourth-order valence-corrected chi connectivity index (χ4v) is 3.12. The van der Waals surface area contributed by atoms with Gasteiger partial charge >= 0.3 is 5.97 Å². The van der Waals surface area contributed by atoms with Gasteiger partial charge in [-0.15, -0.1) is 0 Å². The molecule has 0 bridgehead atoms. The molecule has 0 saturated carbocycles. The van der Waals surface area contributed by atoms with Crippen molar-refractivity contribution in [2.75, 3.05) is 7.11 Å². The summed E-state index contributed by atoms with van der Waals surface area (Å²) in [5, 5.41) is 49.8. The topological polar surface area (TPSA) is 155 Å². The van der Waals surface area contributed by atoms with Crippen LogP contribution in [0.25, 0.3) is 0 Å². The van der Waals surface area contributed by atoms with Crippen LogP contribution in [-0.2, 0) is 23.7 Å². The van der Waals surface area contributed by atoms with Crippen LogP contribution in [0, 0.1) is 0 Å². The lowest BCUT2D eigenvalue weighted by Gasteiger charge is -2.51.